The molecule has 0 radical (unpaired) electrons. The van der Waals surface area contributed by atoms with Gasteiger partial charge < -0.3 is 4.74 Å². The van der Waals surface area contributed by atoms with Crippen molar-refractivity contribution in [1.29, 1.82) is 0 Å². The predicted octanol–water partition coefficient (Wildman–Crippen LogP) is 2.07. The maximum Gasteiger partial charge on any atom is 0.0963 e. The van der Waals surface area contributed by atoms with Crippen LogP contribution in [0.5, 0.6) is 0 Å². The second-order valence-corrected chi connectivity index (χ2v) is 9.65. The van der Waals surface area contributed by atoms with Gasteiger partial charge in [0.1, 0.15) is 0 Å². The molecule has 0 heterocycles. The molecular formula is C9H21NOSi. The predicted molar refractivity (Wildman–Crippen MR) is 57.2 cm³/mol. The summed E-state index contributed by atoms with van der Waals surface area (Å²) in [5, 5.41) is 3.13. The first-order valence-electron chi connectivity index (χ1n) is 4.41. The summed E-state index contributed by atoms with van der Waals surface area (Å²) >= 11 is 0. The molecule has 0 aliphatic heterocycles. The van der Waals surface area contributed by atoms with Crippen molar-refractivity contribution in [3.05, 3.63) is 12.2 Å². The summed E-state index contributed by atoms with van der Waals surface area (Å²) in [5.74, 6) is 0. The lowest BCUT2D eigenvalue weighted by Gasteiger charge is -2.11. The van der Waals surface area contributed by atoms with Gasteiger partial charge in [0.05, 0.1) is 6.73 Å². The lowest BCUT2D eigenvalue weighted by Crippen LogP contribution is -2.18. The van der Waals surface area contributed by atoms with Gasteiger partial charge >= 0.3 is 0 Å². The zero-order valence-corrected chi connectivity index (χ0v) is 9.68. The zero-order valence-electron chi connectivity index (χ0n) is 8.68. The van der Waals surface area contributed by atoms with E-state index in [1.807, 2.05) is 0 Å². The Morgan fingerprint density at radius 2 is 1.92 bits per heavy atom. The molecule has 3 heteroatoms. The highest BCUT2D eigenvalue weighted by Crippen LogP contribution is 2.07. The minimum Gasteiger partial charge on any atom is -0.370 e. The highest BCUT2D eigenvalue weighted by Gasteiger charge is 2.08. The Morgan fingerprint density at radius 1 is 1.25 bits per heavy atom. The molecule has 0 saturated carbocycles. The SMILES string of the molecule is COCNCC=CC[Si](C)(C)C. The molecule has 0 amide bonds. The third kappa shape index (κ3) is 9.88. The smallest absolute Gasteiger partial charge is 0.0963 e. The van der Waals surface area contributed by atoms with Crippen molar-refractivity contribution in [2.24, 2.45) is 0 Å². The van der Waals surface area contributed by atoms with Gasteiger partial charge in [0, 0.05) is 21.7 Å². The van der Waals surface area contributed by atoms with Crippen molar-refractivity contribution in [2.75, 3.05) is 20.4 Å². The fourth-order valence-corrected chi connectivity index (χ4v) is 1.64. The normalized spacial score (nSPS) is 12.7. The van der Waals surface area contributed by atoms with Crippen LogP contribution in [0.2, 0.25) is 25.7 Å². The van der Waals surface area contributed by atoms with Crippen LogP contribution in [0.1, 0.15) is 0 Å². The van der Waals surface area contributed by atoms with Gasteiger partial charge in [0.15, 0.2) is 0 Å². The molecular weight excluding hydrogens is 166 g/mol. The van der Waals surface area contributed by atoms with Crippen molar-refractivity contribution < 1.29 is 4.74 Å². The van der Waals surface area contributed by atoms with Gasteiger partial charge in [-0.2, -0.15) is 0 Å². The summed E-state index contributed by atoms with van der Waals surface area (Å²) in [7, 11) is 0.822. The quantitative estimate of drug-likeness (QED) is 0.297. The third-order valence-electron chi connectivity index (χ3n) is 1.41. The molecule has 0 aliphatic rings. The second-order valence-electron chi connectivity index (χ2n) is 4.12. The molecule has 0 atom stereocenters. The summed E-state index contributed by atoms with van der Waals surface area (Å²) in [6.45, 7) is 8.68. The van der Waals surface area contributed by atoms with Crippen LogP contribution >= 0.6 is 0 Å². The summed E-state index contributed by atoms with van der Waals surface area (Å²) in [5.41, 5.74) is 0. The van der Waals surface area contributed by atoms with Crippen molar-refractivity contribution in [1.82, 2.24) is 5.32 Å². The average Bonchev–Trinajstić information content (AvgIpc) is 1.94. The molecule has 0 aromatic carbocycles. The number of ether oxygens (including phenoxy) is 1. The number of rotatable bonds is 6. The molecule has 0 unspecified atom stereocenters. The molecule has 72 valence electrons. The van der Waals surface area contributed by atoms with Gasteiger partial charge in [-0.15, -0.1) is 0 Å². The summed E-state index contributed by atoms with van der Waals surface area (Å²) in [6.07, 6.45) is 4.45. The van der Waals surface area contributed by atoms with Crippen LogP contribution in [0, 0.1) is 0 Å². The van der Waals surface area contributed by atoms with Crippen LogP contribution in [0.25, 0.3) is 0 Å². The highest BCUT2D eigenvalue weighted by molar-refractivity contribution is 6.76. The molecule has 0 aromatic heterocycles. The van der Waals surface area contributed by atoms with Gasteiger partial charge in [0.2, 0.25) is 0 Å². The van der Waals surface area contributed by atoms with Crippen molar-refractivity contribution in [2.45, 2.75) is 25.7 Å². The fraction of sp³-hybridized carbons (Fsp3) is 0.778. The topological polar surface area (TPSA) is 21.3 Å². The fourth-order valence-electron chi connectivity index (χ4n) is 0.765. The summed E-state index contributed by atoms with van der Waals surface area (Å²) < 4.78 is 4.85. The van der Waals surface area contributed by atoms with Crippen molar-refractivity contribution in [3.63, 3.8) is 0 Å². The number of hydrogen-bond acceptors (Lipinski definition) is 2. The first kappa shape index (κ1) is 11.9. The summed E-state index contributed by atoms with van der Waals surface area (Å²) in [6, 6.07) is 1.27. The van der Waals surface area contributed by atoms with E-state index in [1.165, 1.54) is 6.04 Å². The van der Waals surface area contributed by atoms with Crippen LogP contribution in [0.15, 0.2) is 12.2 Å². The number of allylic oxidation sites excluding steroid dienone is 1. The lowest BCUT2D eigenvalue weighted by atomic mass is 10.5. The molecule has 0 bridgehead atoms. The van der Waals surface area contributed by atoms with E-state index in [1.54, 1.807) is 7.11 Å². The van der Waals surface area contributed by atoms with E-state index >= 15 is 0 Å². The summed E-state index contributed by atoms with van der Waals surface area (Å²) in [4.78, 5) is 0. The van der Waals surface area contributed by atoms with Gasteiger partial charge in [-0.3, -0.25) is 5.32 Å². The number of hydrogen-bond donors (Lipinski definition) is 1. The minimum absolute atomic E-state index is 0.636. The Labute approximate surface area is 77.0 Å². The molecule has 0 saturated heterocycles. The molecule has 0 rings (SSSR count). The molecule has 0 aliphatic carbocycles. The minimum atomic E-state index is -0.872. The Hall–Kier alpha value is -0.123. The van der Waals surface area contributed by atoms with E-state index in [4.69, 9.17) is 4.74 Å². The van der Waals surface area contributed by atoms with Crippen molar-refractivity contribution in [3.8, 4) is 0 Å². The van der Waals surface area contributed by atoms with Gasteiger partial charge in [-0.05, 0) is 6.04 Å². The number of nitrogens with one attached hydrogen (secondary N) is 1. The number of methoxy groups -OCH3 is 1. The van der Waals surface area contributed by atoms with Crippen LogP contribution in [0.3, 0.4) is 0 Å². The molecule has 2 nitrogen and oxygen atoms in total. The van der Waals surface area contributed by atoms with Crippen LogP contribution in [-0.4, -0.2) is 28.5 Å². The van der Waals surface area contributed by atoms with E-state index in [2.05, 4.69) is 37.1 Å². The van der Waals surface area contributed by atoms with Crippen LogP contribution in [0.4, 0.5) is 0 Å². The van der Waals surface area contributed by atoms with E-state index in [-0.39, 0.29) is 0 Å². The monoisotopic (exact) mass is 187 g/mol. The standard InChI is InChI=1S/C9H21NOSi/c1-11-9-10-7-5-6-8-12(2,3)4/h5-6,10H,7-9H2,1-4H3. The molecule has 1 N–H and O–H groups in total. The Morgan fingerprint density at radius 3 is 2.42 bits per heavy atom. The van der Waals surface area contributed by atoms with Gasteiger partial charge in [-0.1, -0.05) is 31.8 Å². The van der Waals surface area contributed by atoms with Crippen LogP contribution < -0.4 is 5.32 Å². The highest BCUT2D eigenvalue weighted by atomic mass is 28.3. The van der Waals surface area contributed by atoms with Crippen molar-refractivity contribution >= 4 is 8.07 Å². The van der Waals surface area contributed by atoms with Gasteiger partial charge in [-0.25, -0.2) is 0 Å². The van der Waals surface area contributed by atoms with Gasteiger partial charge in [0.25, 0.3) is 0 Å². The Kier molecular flexibility index (Phi) is 6.33. The Balaban J connectivity index is 3.26. The first-order chi connectivity index (χ1) is 5.56. The van der Waals surface area contributed by atoms with E-state index in [9.17, 15) is 0 Å². The zero-order chi connectivity index (χ0) is 9.45. The molecule has 0 spiro atoms. The molecule has 0 fully saturated rings. The second kappa shape index (κ2) is 6.40. The Bertz CT molecular complexity index is 129. The maximum absolute atomic E-state index is 4.85. The molecule has 0 aromatic rings. The largest absolute Gasteiger partial charge is 0.370 e. The third-order valence-corrected chi connectivity index (χ3v) is 2.87. The van der Waals surface area contributed by atoms with Crippen LogP contribution in [-0.2, 0) is 4.74 Å². The maximum atomic E-state index is 4.85. The average molecular weight is 187 g/mol. The van der Waals surface area contributed by atoms with E-state index in [0.717, 1.165) is 6.54 Å². The molecule has 12 heavy (non-hydrogen) atoms. The van der Waals surface area contributed by atoms with E-state index < -0.39 is 8.07 Å². The lowest BCUT2D eigenvalue weighted by molar-refractivity contribution is 0.179. The first-order valence-corrected chi connectivity index (χ1v) is 8.11. The van der Waals surface area contributed by atoms with E-state index in [0.29, 0.717) is 6.73 Å².